The van der Waals surface area contributed by atoms with Gasteiger partial charge in [0.05, 0.1) is 11.3 Å². The Balaban J connectivity index is 2.11. The number of carboxylic acids is 1. The van der Waals surface area contributed by atoms with Gasteiger partial charge in [0.25, 0.3) is 0 Å². The SMILES string of the molecule is NC(CNc1ccc(C(=O)O)c(F)c1F)c1ccccc1. The molecular weight excluding hydrogens is 278 g/mol. The van der Waals surface area contributed by atoms with Crippen LogP contribution >= 0.6 is 0 Å². The third-order valence-electron chi connectivity index (χ3n) is 3.05. The van der Waals surface area contributed by atoms with Crippen LogP contribution in [0, 0.1) is 11.6 Å². The molecule has 0 aromatic heterocycles. The average Bonchev–Trinajstić information content (AvgIpc) is 2.49. The third-order valence-corrected chi connectivity index (χ3v) is 3.05. The van der Waals surface area contributed by atoms with Gasteiger partial charge in [-0.2, -0.15) is 0 Å². The van der Waals surface area contributed by atoms with E-state index in [0.717, 1.165) is 11.6 Å². The van der Waals surface area contributed by atoms with Crippen molar-refractivity contribution in [1.82, 2.24) is 0 Å². The zero-order chi connectivity index (χ0) is 15.4. The van der Waals surface area contributed by atoms with Crippen LogP contribution in [0.3, 0.4) is 0 Å². The second-order valence-corrected chi connectivity index (χ2v) is 4.49. The summed E-state index contributed by atoms with van der Waals surface area (Å²) >= 11 is 0. The Morgan fingerprint density at radius 2 is 1.81 bits per heavy atom. The highest BCUT2D eigenvalue weighted by atomic mass is 19.2. The summed E-state index contributed by atoms with van der Waals surface area (Å²) in [7, 11) is 0. The molecule has 6 heteroatoms. The van der Waals surface area contributed by atoms with E-state index in [0.29, 0.717) is 0 Å². The molecule has 2 rings (SSSR count). The number of nitrogens with one attached hydrogen (secondary N) is 1. The van der Waals surface area contributed by atoms with Gasteiger partial charge in [0, 0.05) is 12.6 Å². The molecule has 0 fully saturated rings. The van der Waals surface area contributed by atoms with Gasteiger partial charge in [0.15, 0.2) is 11.6 Å². The molecule has 0 aliphatic rings. The highest BCUT2D eigenvalue weighted by molar-refractivity contribution is 5.88. The van der Waals surface area contributed by atoms with Crippen LogP contribution in [0.25, 0.3) is 0 Å². The van der Waals surface area contributed by atoms with Gasteiger partial charge in [-0.3, -0.25) is 0 Å². The van der Waals surface area contributed by atoms with Crippen LogP contribution in [0.5, 0.6) is 0 Å². The second-order valence-electron chi connectivity index (χ2n) is 4.49. The first-order chi connectivity index (χ1) is 10.0. The molecule has 110 valence electrons. The minimum atomic E-state index is -1.51. The first kappa shape index (κ1) is 14.9. The number of aromatic carboxylic acids is 1. The maximum absolute atomic E-state index is 13.7. The largest absolute Gasteiger partial charge is 0.478 e. The molecule has 0 aliphatic heterocycles. The van der Waals surface area contributed by atoms with Crippen LogP contribution in [0.1, 0.15) is 22.0 Å². The molecule has 0 amide bonds. The summed E-state index contributed by atoms with van der Waals surface area (Å²) in [5.41, 5.74) is 5.97. The van der Waals surface area contributed by atoms with E-state index in [2.05, 4.69) is 5.32 Å². The molecule has 0 heterocycles. The monoisotopic (exact) mass is 292 g/mol. The molecule has 1 unspecified atom stereocenters. The lowest BCUT2D eigenvalue weighted by Crippen LogP contribution is -2.21. The number of benzene rings is 2. The van der Waals surface area contributed by atoms with Gasteiger partial charge in [0.1, 0.15) is 0 Å². The van der Waals surface area contributed by atoms with Crippen molar-refractivity contribution in [2.75, 3.05) is 11.9 Å². The van der Waals surface area contributed by atoms with Crippen LogP contribution in [-0.2, 0) is 0 Å². The van der Waals surface area contributed by atoms with E-state index < -0.39 is 29.2 Å². The fourth-order valence-electron chi connectivity index (χ4n) is 1.89. The number of halogens is 2. The lowest BCUT2D eigenvalue weighted by Gasteiger charge is -2.15. The van der Waals surface area contributed by atoms with Gasteiger partial charge in [-0.1, -0.05) is 30.3 Å². The van der Waals surface area contributed by atoms with E-state index in [4.69, 9.17) is 10.8 Å². The molecule has 4 nitrogen and oxygen atoms in total. The van der Waals surface area contributed by atoms with Crippen molar-refractivity contribution >= 4 is 11.7 Å². The summed E-state index contributed by atoms with van der Waals surface area (Å²) in [4.78, 5) is 10.7. The Labute approximate surface area is 120 Å². The van der Waals surface area contributed by atoms with Gasteiger partial charge in [-0.05, 0) is 17.7 Å². The molecule has 2 aromatic carbocycles. The number of carbonyl (C=O) groups is 1. The smallest absolute Gasteiger partial charge is 0.338 e. The Hall–Kier alpha value is -2.47. The highest BCUT2D eigenvalue weighted by Crippen LogP contribution is 2.21. The average molecular weight is 292 g/mol. The predicted molar refractivity (Wildman–Crippen MR) is 75.2 cm³/mol. The van der Waals surface area contributed by atoms with Crippen molar-refractivity contribution in [3.63, 3.8) is 0 Å². The lowest BCUT2D eigenvalue weighted by molar-refractivity contribution is 0.0690. The molecule has 0 radical (unpaired) electrons. The molecule has 21 heavy (non-hydrogen) atoms. The topological polar surface area (TPSA) is 75.3 Å². The normalized spacial score (nSPS) is 12.0. The van der Waals surface area contributed by atoms with Crippen molar-refractivity contribution in [2.24, 2.45) is 5.73 Å². The summed E-state index contributed by atoms with van der Waals surface area (Å²) in [6, 6.07) is 11.0. The van der Waals surface area contributed by atoms with Crippen LogP contribution in [0.4, 0.5) is 14.5 Å². The Morgan fingerprint density at radius 3 is 2.43 bits per heavy atom. The molecule has 0 saturated heterocycles. The van der Waals surface area contributed by atoms with Crippen molar-refractivity contribution in [2.45, 2.75) is 6.04 Å². The molecule has 0 bridgehead atoms. The summed E-state index contributed by atoms with van der Waals surface area (Å²) in [5, 5.41) is 11.4. The molecule has 1 atom stereocenters. The number of hydrogen-bond acceptors (Lipinski definition) is 3. The van der Waals surface area contributed by atoms with E-state index in [9.17, 15) is 13.6 Å². The van der Waals surface area contributed by atoms with Crippen molar-refractivity contribution < 1.29 is 18.7 Å². The standard InChI is InChI=1S/C15H14F2N2O2/c16-13-10(15(20)21)6-7-12(14(13)17)19-8-11(18)9-4-2-1-3-5-9/h1-7,11,19H,8,18H2,(H,20,21). The summed E-state index contributed by atoms with van der Waals surface area (Å²) in [6.45, 7) is 0.187. The van der Waals surface area contributed by atoms with Gasteiger partial charge >= 0.3 is 5.97 Å². The maximum Gasteiger partial charge on any atom is 0.338 e. The maximum atomic E-state index is 13.7. The molecule has 4 N–H and O–H groups in total. The van der Waals surface area contributed by atoms with E-state index in [-0.39, 0.29) is 12.2 Å². The summed E-state index contributed by atoms with van der Waals surface area (Å²) in [6.07, 6.45) is 0. The van der Waals surface area contributed by atoms with Crippen molar-refractivity contribution in [1.29, 1.82) is 0 Å². The van der Waals surface area contributed by atoms with E-state index >= 15 is 0 Å². The fourth-order valence-corrected chi connectivity index (χ4v) is 1.89. The van der Waals surface area contributed by atoms with Gasteiger partial charge in [0.2, 0.25) is 0 Å². The van der Waals surface area contributed by atoms with E-state index in [1.54, 1.807) is 0 Å². The summed E-state index contributed by atoms with van der Waals surface area (Å²) < 4.78 is 27.3. The van der Waals surface area contributed by atoms with Crippen molar-refractivity contribution in [3.8, 4) is 0 Å². The quantitative estimate of drug-likeness (QED) is 0.792. The summed E-state index contributed by atoms with van der Waals surface area (Å²) in [5.74, 6) is -4.13. The zero-order valence-corrected chi connectivity index (χ0v) is 11.0. The molecular formula is C15H14F2N2O2. The number of carboxylic acid groups (broad SMARTS) is 1. The first-order valence-electron chi connectivity index (χ1n) is 6.26. The number of rotatable bonds is 5. The van der Waals surface area contributed by atoms with Crippen LogP contribution in [0.15, 0.2) is 42.5 Å². The first-order valence-corrected chi connectivity index (χ1v) is 6.26. The Kier molecular flexibility index (Phi) is 4.49. The second kappa shape index (κ2) is 6.32. The fraction of sp³-hybridized carbons (Fsp3) is 0.133. The molecule has 2 aromatic rings. The molecule has 0 saturated carbocycles. The highest BCUT2D eigenvalue weighted by Gasteiger charge is 2.18. The molecule has 0 spiro atoms. The van der Waals surface area contributed by atoms with Crippen LogP contribution < -0.4 is 11.1 Å². The Bertz CT molecular complexity index is 648. The van der Waals surface area contributed by atoms with Crippen molar-refractivity contribution in [3.05, 3.63) is 65.2 Å². The zero-order valence-electron chi connectivity index (χ0n) is 11.0. The minimum Gasteiger partial charge on any atom is -0.478 e. The molecule has 0 aliphatic carbocycles. The van der Waals surface area contributed by atoms with Gasteiger partial charge in [-0.15, -0.1) is 0 Å². The van der Waals surface area contributed by atoms with Gasteiger partial charge in [-0.25, -0.2) is 13.6 Å². The number of nitrogens with two attached hydrogens (primary N) is 1. The van der Waals surface area contributed by atoms with E-state index in [1.807, 2.05) is 30.3 Å². The van der Waals surface area contributed by atoms with Crippen LogP contribution in [-0.4, -0.2) is 17.6 Å². The minimum absolute atomic E-state index is 0.121. The van der Waals surface area contributed by atoms with E-state index in [1.165, 1.54) is 6.07 Å². The third kappa shape index (κ3) is 3.35. The van der Waals surface area contributed by atoms with Gasteiger partial charge < -0.3 is 16.2 Å². The van der Waals surface area contributed by atoms with Crippen LogP contribution in [0.2, 0.25) is 0 Å². The Morgan fingerprint density at radius 1 is 1.14 bits per heavy atom. The predicted octanol–water partition coefficient (Wildman–Crippen LogP) is 2.77. The number of anilines is 1. The number of hydrogen-bond donors (Lipinski definition) is 3. The lowest BCUT2D eigenvalue weighted by atomic mass is 10.1.